The van der Waals surface area contributed by atoms with Crippen LogP contribution in [0.2, 0.25) is 0 Å². The summed E-state index contributed by atoms with van der Waals surface area (Å²) in [5.41, 5.74) is 0. The van der Waals surface area contributed by atoms with Gasteiger partial charge in [-0.2, -0.15) is 0 Å². The highest BCUT2D eigenvalue weighted by Crippen LogP contribution is 2.22. The Morgan fingerprint density at radius 2 is 1.53 bits per heavy atom. The number of carbonyl (C=O) groups excluding carboxylic acids is 3. The largest absolute Gasteiger partial charge is 0.393 e. The van der Waals surface area contributed by atoms with Gasteiger partial charge < -0.3 is 9.90 Å². The van der Waals surface area contributed by atoms with Crippen LogP contribution in [-0.4, -0.2) is 28.6 Å². The zero-order chi connectivity index (χ0) is 12.2. The summed E-state index contributed by atoms with van der Waals surface area (Å²) in [4.78, 5) is 33.6. The summed E-state index contributed by atoms with van der Waals surface area (Å²) in [6, 6.07) is 0. The van der Waals surface area contributed by atoms with Crippen molar-refractivity contribution in [3.05, 3.63) is 0 Å². The molecule has 3 unspecified atom stereocenters. The minimum absolute atomic E-state index is 0.0183. The number of rotatable bonds is 6. The van der Waals surface area contributed by atoms with E-state index in [4.69, 9.17) is 0 Å². The molecule has 0 radical (unpaired) electrons. The summed E-state index contributed by atoms with van der Waals surface area (Å²) in [7, 11) is 0. The van der Waals surface area contributed by atoms with Crippen molar-refractivity contribution >= 4 is 17.3 Å². The Hall–Kier alpha value is -1.03. The first-order valence-electron chi connectivity index (χ1n) is 4.95. The summed E-state index contributed by atoms with van der Waals surface area (Å²) in [5.74, 6) is -2.11. The lowest BCUT2D eigenvalue weighted by Gasteiger charge is -2.24. The van der Waals surface area contributed by atoms with Crippen LogP contribution in [-0.2, 0) is 14.4 Å². The van der Waals surface area contributed by atoms with Crippen molar-refractivity contribution in [2.75, 3.05) is 0 Å². The molecule has 0 bridgehead atoms. The van der Waals surface area contributed by atoms with Crippen molar-refractivity contribution in [2.45, 2.75) is 40.2 Å². The lowest BCUT2D eigenvalue weighted by Crippen LogP contribution is -2.36. The van der Waals surface area contributed by atoms with E-state index in [1.165, 1.54) is 27.7 Å². The molecule has 0 fully saturated rings. The maximum absolute atomic E-state index is 11.3. The first-order valence-corrected chi connectivity index (χ1v) is 4.95. The molecule has 3 atom stereocenters. The molecule has 0 aromatic heterocycles. The predicted octanol–water partition coefficient (Wildman–Crippen LogP) is 0.757. The van der Waals surface area contributed by atoms with Crippen LogP contribution in [0.5, 0.6) is 0 Å². The molecule has 0 aromatic carbocycles. The Morgan fingerprint density at radius 3 is 1.73 bits per heavy atom. The molecule has 0 amide bonds. The molecule has 0 spiro atoms. The topological polar surface area (TPSA) is 71.4 Å². The molecule has 1 N–H and O–H groups in total. The van der Waals surface area contributed by atoms with Gasteiger partial charge in [0.2, 0.25) is 0 Å². The third-order valence-corrected chi connectivity index (χ3v) is 2.45. The maximum atomic E-state index is 11.3. The van der Waals surface area contributed by atoms with Gasteiger partial charge in [-0.1, -0.05) is 0 Å². The monoisotopic (exact) mass is 214 g/mol. The summed E-state index contributed by atoms with van der Waals surface area (Å²) < 4.78 is 0. The van der Waals surface area contributed by atoms with Crippen LogP contribution in [0.4, 0.5) is 0 Å². The van der Waals surface area contributed by atoms with Crippen LogP contribution in [0.25, 0.3) is 0 Å². The number of hydrogen-bond acceptors (Lipinski definition) is 4. The fraction of sp³-hybridized carbons (Fsp3) is 0.727. The van der Waals surface area contributed by atoms with Crippen LogP contribution in [0, 0.1) is 11.8 Å². The van der Waals surface area contributed by atoms with Crippen molar-refractivity contribution in [1.82, 2.24) is 0 Å². The van der Waals surface area contributed by atoms with E-state index in [0.717, 1.165) is 0 Å². The van der Waals surface area contributed by atoms with Crippen molar-refractivity contribution in [1.29, 1.82) is 0 Å². The third-order valence-electron chi connectivity index (χ3n) is 2.45. The molecule has 4 heteroatoms. The third kappa shape index (κ3) is 4.34. The van der Waals surface area contributed by atoms with Gasteiger partial charge in [-0.3, -0.25) is 9.59 Å². The molecule has 0 heterocycles. The van der Waals surface area contributed by atoms with Crippen molar-refractivity contribution < 1.29 is 19.5 Å². The fourth-order valence-electron chi connectivity index (χ4n) is 1.79. The number of aliphatic hydroxyl groups is 1. The Bertz CT molecular complexity index is 268. The Kier molecular flexibility index (Phi) is 5.36. The van der Waals surface area contributed by atoms with E-state index in [2.05, 4.69) is 0 Å². The quantitative estimate of drug-likeness (QED) is 0.708. The molecule has 0 aliphatic carbocycles. The number of ketones is 3. The van der Waals surface area contributed by atoms with E-state index in [0.29, 0.717) is 0 Å². The normalized spacial score (nSPS) is 16.6. The second-order valence-corrected chi connectivity index (χ2v) is 4.00. The van der Waals surface area contributed by atoms with Gasteiger partial charge in [0.05, 0.1) is 12.0 Å². The van der Waals surface area contributed by atoms with E-state index < -0.39 is 17.9 Å². The number of carbonyl (C=O) groups is 3. The van der Waals surface area contributed by atoms with E-state index in [1.807, 2.05) is 0 Å². The molecular weight excluding hydrogens is 196 g/mol. The van der Waals surface area contributed by atoms with Gasteiger partial charge >= 0.3 is 0 Å². The SMILES string of the molecule is CC(=O)CC(C(C)=O)C(C(C)=O)C(C)O. The van der Waals surface area contributed by atoms with Crippen molar-refractivity contribution in [3.8, 4) is 0 Å². The fourth-order valence-corrected chi connectivity index (χ4v) is 1.79. The van der Waals surface area contributed by atoms with E-state index >= 15 is 0 Å². The number of Topliss-reactive ketones (excluding diaryl/α,β-unsaturated/α-hetero) is 3. The van der Waals surface area contributed by atoms with Crippen LogP contribution < -0.4 is 0 Å². The van der Waals surface area contributed by atoms with Crippen LogP contribution in [0.15, 0.2) is 0 Å². The average molecular weight is 214 g/mol. The first-order chi connectivity index (χ1) is 6.77. The lowest BCUT2D eigenvalue weighted by atomic mass is 9.80. The Balaban J connectivity index is 4.92. The van der Waals surface area contributed by atoms with Gasteiger partial charge in [0.15, 0.2) is 0 Å². The zero-order valence-corrected chi connectivity index (χ0v) is 9.61. The molecular formula is C11H18O4. The molecule has 15 heavy (non-hydrogen) atoms. The predicted molar refractivity (Wildman–Crippen MR) is 55.3 cm³/mol. The molecule has 4 nitrogen and oxygen atoms in total. The second-order valence-electron chi connectivity index (χ2n) is 4.00. The molecule has 0 rings (SSSR count). The second kappa shape index (κ2) is 5.75. The van der Waals surface area contributed by atoms with Gasteiger partial charge in [0, 0.05) is 12.3 Å². The van der Waals surface area contributed by atoms with Gasteiger partial charge in [0.1, 0.15) is 17.3 Å². The zero-order valence-electron chi connectivity index (χ0n) is 9.61. The average Bonchev–Trinajstić information content (AvgIpc) is 2.00. The standard InChI is InChI=1S/C11H18O4/c1-6(12)5-10(7(2)13)11(8(3)14)9(4)15/h8,10-11,14H,5H2,1-4H3. The van der Waals surface area contributed by atoms with Crippen LogP contribution in [0.1, 0.15) is 34.1 Å². The van der Waals surface area contributed by atoms with E-state index in [1.54, 1.807) is 0 Å². The van der Waals surface area contributed by atoms with Crippen LogP contribution >= 0.6 is 0 Å². The molecule has 0 aliphatic rings. The number of aliphatic hydroxyl groups excluding tert-OH is 1. The molecule has 0 aliphatic heterocycles. The highest BCUT2D eigenvalue weighted by Gasteiger charge is 2.33. The minimum atomic E-state index is -0.907. The van der Waals surface area contributed by atoms with Gasteiger partial charge in [-0.25, -0.2) is 0 Å². The molecule has 0 aromatic rings. The molecule has 86 valence electrons. The number of hydrogen-bond donors (Lipinski definition) is 1. The molecule has 0 saturated heterocycles. The highest BCUT2D eigenvalue weighted by atomic mass is 16.3. The van der Waals surface area contributed by atoms with Crippen LogP contribution in [0.3, 0.4) is 0 Å². The van der Waals surface area contributed by atoms with E-state index in [9.17, 15) is 19.5 Å². The van der Waals surface area contributed by atoms with Gasteiger partial charge in [-0.05, 0) is 27.7 Å². The van der Waals surface area contributed by atoms with Gasteiger partial charge in [-0.15, -0.1) is 0 Å². The van der Waals surface area contributed by atoms with E-state index in [-0.39, 0.29) is 23.8 Å². The Morgan fingerprint density at radius 1 is 1.07 bits per heavy atom. The van der Waals surface area contributed by atoms with Crippen molar-refractivity contribution in [2.24, 2.45) is 11.8 Å². The van der Waals surface area contributed by atoms with Crippen molar-refractivity contribution in [3.63, 3.8) is 0 Å². The van der Waals surface area contributed by atoms with Gasteiger partial charge in [0.25, 0.3) is 0 Å². The summed E-state index contributed by atoms with van der Waals surface area (Å²) in [5, 5.41) is 9.43. The minimum Gasteiger partial charge on any atom is -0.393 e. The first kappa shape index (κ1) is 14.0. The smallest absolute Gasteiger partial charge is 0.136 e. The maximum Gasteiger partial charge on any atom is 0.136 e. The summed E-state index contributed by atoms with van der Waals surface area (Å²) in [6.07, 6.45) is -0.888. The highest BCUT2D eigenvalue weighted by molar-refractivity contribution is 5.91. The summed E-state index contributed by atoms with van der Waals surface area (Å²) in [6.45, 7) is 5.50. The molecule has 0 saturated carbocycles. The summed E-state index contributed by atoms with van der Waals surface area (Å²) >= 11 is 0. The Labute approximate surface area is 89.7 Å². The lowest BCUT2D eigenvalue weighted by molar-refractivity contribution is -0.136.